The maximum atomic E-state index is 13.5. The molecule has 4 aliphatic heterocycles. The number of aliphatic hydroxyl groups is 14. The van der Waals surface area contributed by atoms with Gasteiger partial charge in [0.25, 0.3) is 0 Å². The Labute approximate surface area is 458 Å². The molecule has 26 nitrogen and oxygen atoms in total. The Kier molecular flexibility index (Phi) is 22.5. The summed E-state index contributed by atoms with van der Waals surface area (Å²) in [5.41, 5.74) is 0. The summed E-state index contributed by atoms with van der Waals surface area (Å²) in [5, 5.41) is 131. The lowest BCUT2D eigenvalue weighted by Gasteiger charge is -2.50. The third kappa shape index (κ3) is 15.1. The van der Waals surface area contributed by atoms with Gasteiger partial charge in [0.05, 0.1) is 61.9 Å². The summed E-state index contributed by atoms with van der Waals surface area (Å²) in [6.07, 6.45) is -21.3. The SMILES string of the molecule is COC1CC(C=CC(=O)OCC2OC(OC3CC4C(OC5OC(CO)C(O)C(O)C5O)CC(O)CC4[OH+]C3C3CCC(O)CC3)C(OC3OCC(O)C(O)C3OC(=O)C=CC3CC(OC)C(O)C(OC)C3)C(O)C2O)CCC1O. The zero-order chi connectivity index (χ0) is 56.8. The van der Waals surface area contributed by atoms with Crippen LogP contribution in [-0.2, 0) is 61.7 Å². The van der Waals surface area contributed by atoms with Crippen LogP contribution in [0.15, 0.2) is 24.3 Å². The fraction of sp³-hybridized carbons (Fsp3) is 0.887. The number of allylic oxidation sites excluding steroid dienone is 2. The molecular formula is C53H85O26+. The van der Waals surface area contributed by atoms with Crippen LogP contribution in [0.25, 0.3) is 0 Å². The fourth-order valence-corrected chi connectivity index (χ4v) is 12.8. The van der Waals surface area contributed by atoms with Gasteiger partial charge in [-0.2, -0.15) is 0 Å². The van der Waals surface area contributed by atoms with Crippen molar-refractivity contribution in [2.24, 2.45) is 23.7 Å². The van der Waals surface area contributed by atoms with Crippen LogP contribution in [0.2, 0.25) is 0 Å². The minimum absolute atomic E-state index is 0.0143. The Hall–Kier alpha value is -2.46. The predicted molar refractivity (Wildman–Crippen MR) is 266 cm³/mol. The molecule has 4 saturated heterocycles. The molecule has 25 unspecified atom stereocenters. The molecule has 25 atom stereocenters. The van der Waals surface area contributed by atoms with Gasteiger partial charge in [-0.15, -0.1) is 0 Å². The van der Waals surface area contributed by atoms with E-state index in [1.807, 2.05) is 0 Å². The summed E-state index contributed by atoms with van der Waals surface area (Å²) in [7, 11) is 4.39. The molecule has 79 heavy (non-hydrogen) atoms. The van der Waals surface area contributed by atoms with Crippen LogP contribution >= 0.6 is 0 Å². The van der Waals surface area contributed by atoms with E-state index in [1.165, 1.54) is 27.4 Å². The third-order valence-electron chi connectivity index (χ3n) is 17.5. The van der Waals surface area contributed by atoms with Crippen LogP contribution < -0.4 is 0 Å². The van der Waals surface area contributed by atoms with Crippen LogP contribution in [0.3, 0.4) is 0 Å². The van der Waals surface area contributed by atoms with E-state index in [0.29, 0.717) is 57.8 Å². The van der Waals surface area contributed by atoms with Crippen molar-refractivity contribution >= 4 is 11.9 Å². The predicted octanol–water partition coefficient (Wildman–Crippen LogP) is -4.00. The zero-order valence-corrected chi connectivity index (χ0v) is 44.8. The number of methoxy groups -OCH3 is 3. The van der Waals surface area contributed by atoms with Crippen molar-refractivity contribution in [3.05, 3.63) is 24.3 Å². The summed E-state index contributed by atoms with van der Waals surface area (Å²) in [6.45, 7) is -1.85. The maximum Gasteiger partial charge on any atom is 0.330 e. The molecule has 26 heteroatoms. The van der Waals surface area contributed by atoms with E-state index < -0.39 is 191 Å². The smallest absolute Gasteiger partial charge is 0.330 e. The first-order chi connectivity index (χ1) is 37.8. The molecule has 0 amide bonds. The highest BCUT2D eigenvalue weighted by molar-refractivity contribution is 5.82. The van der Waals surface area contributed by atoms with Gasteiger partial charge in [0.2, 0.25) is 0 Å². The number of carbonyl (C=O) groups excluding carboxylic acids is 2. The number of esters is 2. The highest BCUT2D eigenvalue weighted by atomic mass is 16.8. The second-order valence-corrected chi connectivity index (χ2v) is 22.7. The van der Waals surface area contributed by atoms with Gasteiger partial charge < -0.3 is 118 Å². The normalized spacial score (nSPS) is 48.1. The summed E-state index contributed by atoms with van der Waals surface area (Å²) >= 11 is 0. The first-order valence-electron chi connectivity index (χ1n) is 27.8. The number of carbonyl (C=O) groups is 2. The lowest BCUT2D eigenvalue weighted by atomic mass is 9.73. The van der Waals surface area contributed by atoms with E-state index >= 15 is 0 Å². The van der Waals surface area contributed by atoms with Gasteiger partial charge in [-0.1, -0.05) is 12.2 Å². The molecular weight excluding hydrogens is 1050 g/mol. The Morgan fingerprint density at radius 3 is 1.85 bits per heavy atom. The largest absolute Gasteiger partial charge is 0.460 e. The first-order valence-corrected chi connectivity index (χ1v) is 27.8. The monoisotopic (exact) mass is 1140 g/mol. The molecule has 0 bridgehead atoms. The van der Waals surface area contributed by atoms with Crippen molar-refractivity contribution in [2.45, 2.75) is 230 Å². The van der Waals surface area contributed by atoms with Crippen molar-refractivity contribution < 1.29 is 128 Å². The van der Waals surface area contributed by atoms with Crippen LogP contribution in [-0.4, -0.2) is 272 Å². The number of hydrogen-bond acceptors (Lipinski definition) is 25. The fourth-order valence-electron chi connectivity index (χ4n) is 12.8. The Morgan fingerprint density at radius 1 is 0.532 bits per heavy atom. The van der Waals surface area contributed by atoms with Crippen molar-refractivity contribution in [3.8, 4) is 0 Å². The molecule has 452 valence electrons. The summed E-state index contributed by atoms with van der Waals surface area (Å²) in [4.78, 5) is 26.8. The molecule has 13 N–H and O–H groups in total. The van der Waals surface area contributed by atoms with Crippen molar-refractivity contribution in [3.63, 3.8) is 0 Å². The van der Waals surface area contributed by atoms with E-state index in [0.717, 1.165) is 6.08 Å². The van der Waals surface area contributed by atoms with E-state index in [1.54, 1.807) is 12.2 Å². The Balaban J connectivity index is 1.05. The molecule has 4 heterocycles. The molecule has 0 aromatic heterocycles. The summed E-state index contributed by atoms with van der Waals surface area (Å²) < 4.78 is 70.4. The highest BCUT2D eigenvalue weighted by Crippen LogP contribution is 2.44. The standard InChI is InChI=1S/C53H84O26/c1-68-33-14-23(4-11-29(33)57)5-12-39(59)71-22-38-44(64)46(66)50(79-52-49(41(61)30(58)21-72-52)78-40(60)13-6-24-15-34(69-2)42(62)35(16-24)70-3)53(77-38)75-36-19-28-31(73-48(36)25-7-9-26(55)10-8-25)17-27(56)18-32(28)74-51-47(67)45(65)43(63)37(20-54)76-51/h5-6,12-13,23-38,41-58,61-67H,4,7-11,14-22H2,1-3H3/p+1. The number of fused-ring (bicyclic) bond motifs is 1. The minimum Gasteiger partial charge on any atom is -0.460 e. The van der Waals surface area contributed by atoms with Gasteiger partial charge in [-0.05, 0) is 76.0 Å². The highest BCUT2D eigenvalue weighted by Gasteiger charge is 2.58. The molecule has 8 fully saturated rings. The molecule has 0 spiro atoms. The van der Waals surface area contributed by atoms with Gasteiger partial charge in [0, 0.05) is 52.2 Å². The van der Waals surface area contributed by atoms with Crippen LogP contribution in [0.1, 0.15) is 77.0 Å². The van der Waals surface area contributed by atoms with Crippen molar-refractivity contribution in [1.29, 1.82) is 0 Å². The molecule has 0 radical (unpaired) electrons. The minimum atomic E-state index is -1.94. The lowest BCUT2D eigenvalue weighted by molar-refractivity contribution is -0.385. The van der Waals surface area contributed by atoms with E-state index in [2.05, 4.69) is 0 Å². The molecule has 8 rings (SSSR count). The quantitative estimate of drug-likeness (QED) is 0.0354. The Bertz CT molecular complexity index is 1960. The molecule has 0 aromatic carbocycles. The van der Waals surface area contributed by atoms with Gasteiger partial charge in [-0.3, -0.25) is 0 Å². The number of ether oxygens (including phenoxy) is 12. The van der Waals surface area contributed by atoms with Crippen LogP contribution in [0, 0.1) is 23.7 Å². The van der Waals surface area contributed by atoms with E-state index in [9.17, 15) is 70.9 Å². The average molecular weight is 1140 g/mol. The van der Waals surface area contributed by atoms with Crippen LogP contribution in [0.4, 0.5) is 0 Å². The first kappa shape index (κ1) is 62.6. The summed E-state index contributed by atoms with van der Waals surface area (Å²) in [6, 6.07) is 0. The zero-order valence-electron chi connectivity index (χ0n) is 44.8. The number of aliphatic hydroxyl groups excluding tert-OH is 12. The van der Waals surface area contributed by atoms with Crippen LogP contribution in [0.5, 0.6) is 0 Å². The molecule has 4 aliphatic carbocycles. The molecule has 4 saturated carbocycles. The summed E-state index contributed by atoms with van der Waals surface area (Å²) in [5.74, 6) is -2.98. The van der Waals surface area contributed by atoms with E-state index in [-0.39, 0.29) is 37.0 Å². The second kappa shape index (κ2) is 28.4. The second-order valence-electron chi connectivity index (χ2n) is 22.7. The van der Waals surface area contributed by atoms with Gasteiger partial charge >= 0.3 is 11.9 Å². The molecule has 8 aliphatic rings. The van der Waals surface area contributed by atoms with E-state index in [4.69, 9.17) is 56.8 Å². The molecule has 0 aromatic rings. The van der Waals surface area contributed by atoms with Gasteiger partial charge in [0.1, 0.15) is 79.9 Å². The third-order valence-corrected chi connectivity index (χ3v) is 17.5. The topological polar surface area (TPSA) is 391 Å². The number of rotatable bonds is 18. The average Bonchev–Trinajstić information content (AvgIpc) is 3.45. The maximum absolute atomic E-state index is 13.5. The van der Waals surface area contributed by atoms with Gasteiger partial charge in [-0.25, -0.2) is 9.59 Å². The lowest BCUT2D eigenvalue weighted by Crippen LogP contribution is -2.65. The number of hydrogen-bond donors (Lipinski definition) is 12. The van der Waals surface area contributed by atoms with Crippen molar-refractivity contribution in [2.75, 3.05) is 41.2 Å². The Morgan fingerprint density at radius 2 is 1.16 bits per heavy atom. The van der Waals surface area contributed by atoms with Crippen molar-refractivity contribution in [1.82, 2.24) is 0 Å². The van der Waals surface area contributed by atoms with Gasteiger partial charge in [0.15, 0.2) is 37.2 Å².